The number of hydrogen-bond acceptors (Lipinski definition) is 3. The van der Waals surface area contributed by atoms with Crippen LogP contribution in [0.5, 0.6) is 0 Å². The number of carbonyl (C=O) groups is 3. The van der Waals surface area contributed by atoms with Gasteiger partial charge in [-0.3, -0.25) is 14.5 Å². The molecule has 0 saturated heterocycles. The highest BCUT2D eigenvalue weighted by Crippen LogP contribution is 2.51. The van der Waals surface area contributed by atoms with Crippen LogP contribution in [0.15, 0.2) is 24.3 Å². The van der Waals surface area contributed by atoms with Crippen molar-refractivity contribution in [1.82, 2.24) is 4.90 Å². The number of fused-ring (bicyclic) bond motifs is 2. The Hall–Kier alpha value is -2.57. The summed E-state index contributed by atoms with van der Waals surface area (Å²) in [5.74, 6) is -1.31. The second kappa shape index (κ2) is 6.97. The third-order valence-electron chi connectivity index (χ3n) is 5.67. The molecule has 1 aliphatic carbocycles. The third kappa shape index (κ3) is 2.81. The maximum Gasteiger partial charge on any atom is 0.413 e. The zero-order valence-corrected chi connectivity index (χ0v) is 14.9. The van der Waals surface area contributed by atoms with E-state index < -0.39 is 17.7 Å². The molecular weight excluding hydrogens is 336 g/mol. The molecule has 0 radical (unpaired) electrons. The first-order valence-corrected chi connectivity index (χ1v) is 9.05. The predicted molar refractivity (Wildman–Crippen MR) is 95.0 cm³/mol. The molecule has 2 amide bonds. The first kappa shape index (κ1) is 18.2. The number of carbonyl (C=O) groups excluding carboxylic acids is 1. The molecule has 1 aromatic carbocycles. The van der Waals surface area contributed by atoms with Crippen molar-refractivity contribution >= 4 is 23.7 Å². The van der Waals surface area contributed by atoms with Gasteiger partial charge in [0.2, 0.25) is 5.91 Å². The Bertz CT molecular complexity index is 734. The van der Waals surface area contributed by atoms with Crippen LogP contribution < -0.4 is 4.90 Å². The van der Waals surface area contributed by atoms with E-state index in [4.69, 9.17) is 5.11 Å². The number of carboxylic acid groups (broad SMARTS) is 2. The molecular formula is C19H24N2O5. The van der Waals surface area contributed by atoms with Crippen molar-refractivity contribution in [3.8, 4) is 0 Å². The van der Waals surface area contributed by atoms with E-state index in [0.717, 1.165) is 24.8 Å². The minimum Gasteiger partial charge on any atom is -0.481 e. The van der Waals surface area contributed by atoms with Gasteiger partial charge in [-0.1, -0.05) is 18.2 Å². The molecule has 1 heterocycles. The number of anilines is 1. The summed E-state index contributed by atoms with van der Waals surface area (Å²) in [6, 6.07) is 7.43. The Kier molecular flexibility index (Phi) is 4.89. The number of carboxylic acids is 1. The molecule has 1 fully saturated rings. The van der Waals surface area contributed by atoms with E-state index in [-0.39, 0.29) is 24.7 Å². The second-order valence-electron chi connectivity index (χ2n) is 6.95. The lowest BCUT2D eigenvalue weighted by molar-refractivity contribution is -0.144. The zero-order valence-electron chi connectivity index (χ0n) is 14.9. The predicted octanol–water partition coefficient (Wildman–Crippen LogP) is 2.94. The van der Waals surface area contributed by atoms with Crippen LogP contribution in [0.1, 0.15) is 44.6 Å². The van der Waals surface area contributed by atoms with Gasteiger partial charge in [0.25, 0.3) is 0 Å². The van der Waals surface area contributed by atoms with E-state index in [1.807, 2.05) is 19.1 Å². The smallest absolute Gasteiger partial charge is 0.413 e. The maximum absolute atomic E-state index is 12.8. The Morgan fingerprint density at radius 2 is 1.96 bits per heavy atom. The third-order valence-corrected chi connectivity index (χ3v) is 5.67. The van der Waals surface area contributed by atoms with E-state index in [9.17, 15) is 19.5 Å². The molecule has 2 N–H and O–H groups in total. The fourth-order valence-corrected chi connectivity index (χ4v) is 4.74. The summed E-state index contributed by atoms with van der Waals surface area (Å²) in [6.07, 6.45) is 1.54. The molecule has 1 aliphatic heterocycles. The largest absolute Gasteiger partial charge is 0.481 e. The molecule has 0 bridgehead atoms. The van der Waals surface area contributed by atoms with E-state index >= 15 is 0 Å². The zero-order chi connectivity index (χ0) is 18.9. The lowest BCUT2D eigenvalue weighted by atomic mass is 9.81. The highest BCUT2D eigenvalue weighted by Gasteiger charge is 2.57. The second-order valence-corrected chi connectivity index (χ2v) is 6.95. The molecule has 3 rings (SSSR count). The van der Waals surface area contributed by atoms with Gasteiger partial charge in [0.1, 0.15) is 5.66 Å². The van der Waals surface area contributed by atoms with Gasteiger partial charge in [-0.05, 0) is 44.2 Å². The number of hydrogen-bond donors (Lipinski definition) is 2. The van der Waals surface area contributed by atoms with E-state index in [0.29, 0.717) is 18.7 Å². The molecule has 140 valence electrons. The van der Waals surface area contributed by atoms with Gasteiger partial charge in [-0.2, -0.15) is 0 Å². The molecule has 0 unspecified atom stereocenters. The summed E-state index contributed by atoms with van der Waals surface area (Å²) >= 11 is 0. The molecule has 7 heteroatoms. The summed E-state index contributed by atoms with van der Waals surface area (Å²) < 4.78 is 0. The summed E-state index contributed by atoms with van der Waals surface area (Å²) in [5, 5.41) is 18.9. The van der Waals surface area contributed by atoms with Crippen LogP contribution in [-0.4, -0.2) is 45.3 Å². The lowest BCUT2D eigenvalue weighted by Crippen LogP contribution is -2.68. The Labute approximate surface area is 152 Å². The molecule has 0 spiro atoms. The summed E-state index contributed by atoms with van der Waals surface area (Å²) in [7, 11) is 0. The fraction of sp³-hybridized carbons (Fsp3) is 0.526. The van der Waals surface area contributed by atoms with E-state index in [1.165, 1.54) is 4.90 Å². The molecule has 1 aromatic rings. The van der Waals surface area contributed by atoms with Crippen molar-refractivity contribution in [2.45, 2.75) is 51.1 Å². The molecule has 7 nitrogen and oxygen atoms in total. The van der Waals surface area contributed by atoms with Crippen molar-refractivity contribution in [1.29, 1.82) is 0 Å². The van der Waals surface area contributed by atoms with Crippen molar-refractivity contribution in [2.75, 3.05) is 11.4 Å². The minimum atomic E-state index is -1.08. The number of amides is 2. The van der Waals surface area contributed by atoms with Crippen LogP contribution in [0.2, 0.25) is 0 Å². The van der Waals surface area contributed by atoms with Gasteiger partial charge in [-0.25, -0.2) is 4.79 Å². The maximum atomic E-state index is 12.8. The van der Waals surface area contributed by atoms with Gasteiger partial charge in [-0.15, -0.1) is 0 Å². The number of nitrogens with zero attached hydrogens (tertiary/aromatic N) is 2. The average molecular weight is 360 g/mol. The summed E-state index contributed by atoms with van der Waals surface area (Å²) in [6.45, 7) is 2.17. The molecule has 26 heavy (non-hydrogen) atoms. The van der Waals surface area contributed by atoms with Crippen LogP contribution in [0.25, 0.3) is 0 Å². The minimum absolute atomic E-state index is 0.0160. The first-order chi connectivity index (χ1) is 12.4. The quantitative estimate of drug-likeness (QED) is 0.841. The average Bonchev–Trinajstić information content (AvgIpc) is 3.01. The van der Waals surface area contributed by atoms with Gasteiger partial charge in [0.15, 0.2) is 0 Å². The highest BCUT2D eigenvalue weighted by molar-refractivity contribution is 5.92. The van der Waals surface area contributed by atoms with Gasteiger partial charge in [0, 0.05) is 18.9 Å². The van der Waals surface area contributed by atoms with Crippen LogP contribution >= 0.6 is 0 Å². The topological polar surface area (TPSA) is 98.2 Å². The normalized spacial score (nSPS) is 23.9. The SMILES string of the molecule is CCN(C(=O)CCC(=O)O)[C@@]12CCC[C@@H]1Cc1ccccc1N2C(=O)O. The van der Waals surface area contributed by atoms with Crippen molar-refractivity contribution in [3.63, 3.8) is 0 Å². The number of aliphatic carboxylic acids is 1. The molecule has 1 saturated carbocycles. The molecule has 2 aliphatic rings. The van der Waals surface area contributed by atoms with Gasteiger partial charge < -0.3 is 15.1 Å². The fourth-order valence-electron chi connectivity index (χ4n) is 4.74. The van der Waals surface area contributed by atoms with Crippen LogP contribution in [0, 0.1) is 5.92 Å². The molecule has 2 atom stereocenters. The van der Waals surface area contributed by atoms with E-state index in [1.54, 1.807) is 17.0 Å². The monoisotopic (exact) mass is 360 g/mol. The lowest BCUT2D eigenvalue weighted by Gasteiger charge is -2.53. The van der Waals surface area contributed by atoms with Crippen LogP contribution in [-0.2, 0) is 16.0 Å². The number of rotatable bonds is 5. The standard InChI is InChI=1S/C19H24N2O5/c1-2-20(16(22)9-10-17(23)24)19-11-5-7-14(19)12-13-6-3-4-8-15(13)21(19)18(25)26/h3-4,6,8,14H,2,5,7,9-12H2,1H3,(H,23,24)(H,25,26)/t14-,19-/m1/s1. The van der Waals surface area contributed by atoms with Crippen molar-refractivity contribution < 1.29 is 24.6 Å². The summed E-state index contributed by atoms with van der Waals surface area (Å²) in [5.41, 5.74) is 0.680. The number of benzene rings is 1. The first-order valence-electron chi connectivity index (χ1n) is 9.05. The Morgan fingerprint density at radius 1 is 1.23 bits per heavy atom. The van der Waals surface area contributed by atoms with Gasteiger partial charge in [0.05, 0.1) is 12.1 Å². The Balaban J connectivity index is 2.07. The molecule has 0 aromatic heterocycles. The highest BCUT2D eigenvalue weighted by atomic mass is 16.4. The van der Waals surface area contributed by atoms with E-state index in [2.05, 4.69) is 0 Å². The summed E-state index contributed by atoms with van der Waals surface area (Å²) in [4.78, 5) is 39.0. The van der Waals surface area contributed by atoms with Crippen molar-refractivity contribution in [2.24, 2.45) is 5.92 Å². The van der Waals surface area contributed by atoms with Gasteiger partial charge >= 0.3 is 12.1 Å². The Morgan fingerprint density at radius 3 is 2.62 bits per heavy atom. The number of para-hydroxylation sites is 1. The van der Waals surface area contributed by atoms with Crippen molar-refractivity contribution in [3.05, 3.63) is 29.8 Å². The van der Waals surface area contributed by atoms with Crippen LogP contribution in [0.4, 0.5) is 10.5 Å². The van der Waals surface area contributed by atoms with Crippen LogP contribution in [0.3, 0.4) is 0 Å².